The van der Waals surface area contributed by atoms with Gasteiger partial charge in [0.25, 0.3) is 0 Å². The van der Waals surface area contributed by atoms with Crippen molar-refractivity contribution < 1.29 is 4.39 Å². The van der Waals surface area contributed by atoms with Gasteiger partial charge in [-0.15, -0.1) is 0 Å². The van der Waals surface area contributed by atoms with E-state index >= 15 is 0 Å². The summed E-state index contributed by atoms with van der Waals surface area (Å²) in [7, 11) is 0. The number of para-hydroxylation sites is 1. The fraction of sp³-hybridized carbons (Fsp3) is 0. The summed E-state index contributed by atoms with van der Waals surface area (Å²) >= 11 is 0. The molecular weight excluding hydrogens is 736 g/mol. The van der Waals surface area contributed by atoms with Gasteiger partial charge in [0.1, 0.15) is 5.82 Å². The van der Waals surface area contributed by atoms with E-state index in [1.54, 1.807) is 0 Å². The average molecular weight is 771 g/mol. The summed E-state index contributed by atoms with van der Waals surface area (Å²) in [6.45, 7) is 0. The van der Waals surface area contributed by atoms with Crippen LogP contribution in [0.2, 0.25) is 0 Å². The minimum Gasteiger partial charge on any atom is -0.309 e. The third kappa shape index (κ3) is 6.30. The normalized spacial score (nSPS) is 11.4. The van der Waals surface area contributed by atoms with Crippen LogP contribution in [-0.2, 0) is 0 Å². The molecule has 0 N–H and O–H groups in total. The molecule has 0 radical (unpaired) electrons. The first-order valence-electron chi connectivity index (χ1n) is 20.0. The summed E-state index contributed by atoms with van der Waals surface area (Å²) in [5.41, 5.74) is 12.5. The van der Waals surface area contributed by atoms with Crippen molar-refractivity contribution in [3.8, 4) is 73.2 Å². The van der Waals surface area contributed by atoms with Gasteiger partial charge in [-0.05, 0) is 86.6 Å². The molecule has 4 nitrogen and oxygen atoms in total. The highest BCUT2D eigenvalue weighted by atomic mass is 19.1. The summed E-state index contributed by atoms with van der Waals surface area (Å²) in [6, 6.07) is 72.1. The van der Waals surface area contributed by atoms with Crippen LogP contribution in [-0.4, -0.2) is 19.5 Å². The van der Waals surface area contributed by atoms with E-state index in [9.17, 15) is 4.39 Å². The van der Waals surface area contributed by atoms with Crippen LogP contribution in [0.1, 0.15) is 0 Å². The Bertz CT molecular complexity index is 3350. The zero-order valence-corrected chi connectivity index (χ0v) is 32.4. The van der Waals surface area contributed by atoms with Gasteiger partial charge in [-0.25, -0.2) is 19.3 Å². The summed E-state index contributed by atoms with van der Waals surface area (Å²) < 4.78 is 16.2. The molecule has 282 valence electrons. The molecule has 0 saturated heterocycles. The van der Waals surface area contributed by atoms with Gasteiger partial charge < -0.3 is 4.57 Å². The zero-order valence-electron chi connectivity index (χ0n) is 32.4. The number of fused-ring (bicyclic) bond motifs is 4. The average Bonchev–Trinajstić information content (AvgIpc) is 3.66. The summed E-state index contributed by atoms with van der Waals surface area (Å²) in [4.78, 5) is 15.3. The van der Waals surface area contributed by atoms with Crippen LogP contribution >= 0.6 is 0 Å². The van der Waals surface area contributed by atoms with Gasteiger partial charge in [-0.3, -0.25) is 0 Å². The standard InChI is InChI=1S/C55H35FN4/c56-44-31-28-38(29-32-44)47-22-11-17-39-16-10-21-46(52(39)47)37-24-26-41(27-25-37)54-57-53(40-14-5-2-6-15-40)58-55(59-54)43-18-9-19-45(34-43)60-50-23-8-7-20-48(50)49-35-42(30-33-51(49)60)36-12-3-1-4-13-36/h1-35H. The lowest BCUT2D eigenvalue weighted by molar-refractivity contribution is 0.628. The third-order valence-electron chi connectivity index (χ3n) is 11.3. The Morgan fingerprint density at radius 1 is 0.333 bits per heavy atom. The Morgan fingerprint density at radius 2 is 0.833 bits per heavy atom. The summed E-state index contributed by atoms with van der Waals surface area (Å²) in [5, 5.41) is 4.63. The van der Waals surface area contributed by atoms with Crippen molar-refractivity contribution in [2.24, 2.45) is 0 Å². The van der Waals surface area contributed by atoms with Gasteiger partial charge in [0.15, 0.2) is 17.5 Å². The van der Waals surface area contributed by atoms with Crippen molar-refractivity contribution in [2.45, 2.75) is 0 Å². The Labute approximate surface area is 346 Å². The molecule has 0 unspecified atom stereocenters. The molecule has 2 heterocycles. The molecule has 0 fully saturated rings. The lowest BCUT2D eigenvalue weighted by Crippen LogP contribution is -2.01. The third-order valence-corrected chi connectivity index (χ3v) is 11.3. The summed E-state index contributed by atoms with van der Waals surface area (Å²) in [5.74, 6) is 1.54. The maximum atomic E-state index is 13.9. The number of halogens is 1. The van der Waals surface area contributed by atoms with E-state index in [0.717, 1.165) is 66.4 Å². The second-order valence-electron chi connectivity index (χ2n) is 15.0. The minimum absolute atomic E-state index is 0.250. The monoisotopic (exact) mass is 770 g/mol. The van der Waals surface area contributed by atoms with E-state index in [1.165, 1.54) is 34.0 Å². The van der Waals surface area contributed by atoms with Crippen molar-refractivity contribution in [3.63, 3.8) is 0 Å². The minimum atomic E-state index is -0.250. The first kappa shape index (κ1) is 35.2. The molecule has 11 rings (SSSR count). The van der Waals surface area contributed by atoms with Gasteiger partial charge in [-0.1, -0.05) is 170 Å². The molecule has 0 amide bonds. The second-order valence-corrected chi connectivity index (χ2v) is 15.0. The molecule has 0 spiro atoms. The molecule has 0 bridgehead atoms. The highest BCUT2D eigenvalue weighted by Gasteiger charge is 2.17. The Hall–Kier alpha value is -8.02. The number of aromatic nitrogens is 4. The van der Waals surface area contributed by atoms with Crippen molar-refractivity contribution in [3.05, 3.63) is 218 Å². The van der Waals surface area contributed by atoms with Crippen LogP contribution in [0.4, 0.5) is 4.39 Å². The smallest absolute Gasteiger partial charge is 0.164 e. The summed E-state index contributed by atoms with van der Waals surface area (Å²) in [6.07, 6.45) is 0. The lowest BCUT2D eigenvalue weighted by atomic mass is 9.91. The first-order valence-corrected chi connectivity index (χ1v) is 20.0. The van der Waals surface area contributed by atoms with Crippen LogP contribution < -0.4 is 0 Å². The highest BCUT2D eigenvalue weighted by Crippen LogP contribution is 2.39. The second kappa shape index (κ2) is 14.7. The fourth-order valence-corrected chi connectivity index (χ4v) is 8.45. The first-order chi connectivity index (χ1) is 29.6. The fourth-order valence-electron chi connectivity index (χ4n) is 8.45. The predicted molar refractivity (Wildman–Crippen MR) is 244 cm³/mol. The Morgan fingerprint density at radius 3 is 1.52 bits per heavy atom. The quantitative estimate of drug-likeness (QED) is 0.162. The van der Waals surface area contributed by atoms with Crippen LogP contribution in [0.5, 0.6) is 0 Å². The lowest BCUT2D eigenvalue weighted by Gasteiger charge is -2.14. The maximum absolute atomic E-state index is 13.9. The molecule has 11 aromatic rings. The molecule has 0 atom stereocenters. The van der Waals surface area contributed by atoms with Crippen molar-refractivity contribution in [1.82, 2.24) is 19.5 Å². The molecule has 5 heteroatoms. The molecule has 0 aliphatic carbocycles. The van der Waals surface area contributed by atoms with E-state index in [2.05, 4.69) is 162 Å². The number of benzene rings is 9. The number of hydrogen-bond acceptors (Lipinski definition) is 3. The van der Waals surface area contributed by atoms with E-state index in [-0.39, 0.29) is 5.82 Å². The van der Waals surface area contributed by atoms with Gasteiger partial charge >= 0.3 is 0 Å². The Balaban J connectivity index is 1.01. The zero-order chi connectivity index (χ0) is 40.0. The van der Waals surface area contributed by atoms with E-state index in [4.69, 9.17) is 15.0 Å². The SMILES string of the molecule is Fc1ccc(-c2cccc3cccc(-c4ccc(-c5nc(-c6ccccc6)nc(-c6cccc(-n7c8ccccc8c8cc(-c9ccccc9)ccc87)c6)n5)cc4)c23)cc1. The van der Waals surface area contributed by atoms with Crippen LogP contribution in [0.25, 0.3) is 106 Å². The largest absolute Gasteiger partial charge is 0.309 e. The maximum Gasteiger partial charge on any atom is 0.164 e. The molecular formula is C55H35FN4. The van der Waals surface area contributed by atoms with E-state index in [1.807, 2.05) is 42.5 Å². The Kier molecular flexibility index (Phi) is 8.63. The van der Waals surface area contributed by atoms with Gasteiger partial charge in [0.2, 0.25) is 0 Å². The topological polar surface area (TPSA) is 43.6 Å². The van der Waals surface area contributed by atoms with Crippen molar-refractivity contribution in [1.29, 1.82) is 0 Å². The van der Waals surface area contributed by atoms with E-state index < -0.39 is 0 Å². The van der Waals surface area contributed by atoms with E-state index in [0.29, 0.717) is 17.5 Å². The van der Waals surface area contributed by atoms with Crippen LogP contribution in [0.3, 0.4) is 0 Å². The van der Waals surface area contributed by atoms with Crippen LogP contribution in [0, 0.1) is 5.82 Å². The number of nitrogens with zero attached hydrogens (tertiary/aromatic N) is 4. The van der Waals surface area contributed by atoms with Gasteiger partial charge in [-0.2, -0.15) is 0 Å². The van der Waals surface area contributed by atoms with Crippen molar-refractivity contribution >= 4 is 32.6 Å². The van der Waals surface area contributed by atoms with Crippen molar-refractivity contribution in [2.75, 3.05) is 0 Å². The highest BCUT2D eigenvalue weighted by molar-refractivity contribution is 6.10. The number of hydrogen-bond donors (Lipinski definition) is 0. The molecule has 9 aromatic carbocycles. The molecule has 0 saturated carbocycles. The van der Waals surface area contributed by atoms with Gasteiger partial charge in [0, 0.05) is 33.2 Å². The molecule has 60 heavy (non-hydrogen) atoms. The molecule has 0 aliphatic heterocycles. The van der Waals surface area contributed by atoms with Crippen LogP contribution in [0.15, 0.2) is 212 Å². The number of rotatable bonds is 7. The van der Waals surface area contributed by atoms with Gasteiger partial charge in [0.05, 0.1) is 11.0 Å². The predicted octanol–water partition coefficient (Wildman–Crippen LogP) is 14.3. The molecule has 0 aliphatic rings. The molecule has 2 aromatic heterocycles.